The Bertz CT molecular complexity index is 488. The number of pyridine rings is 1. The fourth-order valence-electron chi connectivity index (χ4n) is 1.04. The van der Waals surface area contributed by atoms with E-state index in [1.54, 1.807) is 0 Å². The molecule has 0 aliphatic heterocycles. The van der Waals surface area contributed by atoms with Gasteiger partial charge in [-0.15, -0.1) is 0 Å². The number of aromatic carboxylic acids is 1. The number of aromatic nitrogens is 1. The van der Waals surface area contributed by atoms with Crippen LogP contribution in [0, 0.1) is 5.95 Å². The molecular weight excluding hydrogens is 282 g/mol. The van der Waals surface area contributed by atoms with Crippen molar-refractivity contribution in [2.75, 3.05) is 11.9 Å². The molecule has 1 rings (SSSR count). The summed E-state index contributed by atoms with van der Waals surface area (Å²) in [6.07, 6.45) is -5.81. The number of carboxylic acid groups (broad SMARTS) is 1. The van der Waals surface area contributed by atoms with E-state index in [1.807, 2.05) is 0 Å². The maximum absolute atomic E-state index is 12.7. The van der Waals surface area contributed by atoms with Gasteiger partial charge in [0.25, 0.3) is 0 Å². The Kier molecular flexibility index (Phi) is 3.91. The van der Waals surface area contributed by atoms with E-state index >= 15 is 0 Å². The number of alkyl halides is 5. The first-order valence-electron chi connectivity index (χ1n) is 4.63. The minimum absolute atomic E-state index is 0.635. The van der Waals surface area contributed by atoms with Crippen molar-refractivity contribution < 1.29 is 36.2 Å². The Morgan fingerprint density at radius 1 is 1.26 bits per heavy atom. The summed E-state index contributed by atoms with van der Waals surface area (Å²) in [5.74, 6) is -8.87. The molecule has 1 heterocycles. The van der Waals surface area contributed by atoms with E-state index in [9.17, 15) is 31.1 Å². The summed E-state index contributed by atoms with van der Waals surface area (Å²) in [5.41, 5.74) is -0.723. The fraction of sp³-hybridized carbons (Fsp3) is 0.333. The molecule has 0 saturated carbocycles. The molecular formula is C9H6F6N2O2. The minimum Gasteiger partial charge on any atom is -0.478 e. The van der Waals surface area contributed by atoms with Crippen molar-refractivity contribution in [2.45, 2.75) is 12.1 Å². The quantitative estimate of drug-likeness (QED) is 0.660. The molecule has 0 aliphatic rings. The Morgan fingerprint density at radius 2 is 1.84 bits per heavy atom. The van der Waals surface area contributed by atoms with Crippen LogP contribution in [0.3, 0.4) is 0 Å². The summed E-state index contributed by atoms with van der Waals surface area (Å²) >= 11 is 0. The van der Waals surface area contributed by atoms with Crippen LogP contribution in [0.2, 0.25) is 0 Å². The molecule has 1 aromatic rings. The number of carbonyl (C=O) groups is 1. The molecule has 0 aromatic carbocycles. The average molecular weight is 288 g/mol. The molecule has 0 amide bonds. The topological polar surface area (TPSA) is 62.2 Å². The predicted octanol–water partition coefficient (Wildman–Crippen LogP) is 2.53. The van der Waals surface area contributed by atoms with Crippen molar-refractivity contribution in [1.82, 2.24) is 4.98 Å². The number of anilines is 1. The van der Waals surface area contributed by atoms with Crippen LogP contribution in [0.5, 0.6) is 0 Å². The second kappa shape index (κ2) is 4.94. The van der Waals surface area contributed by atoms with Crippen molar-refractivity contribution >= 4 is 11.8 Å². The SMILES string of the molecule is O=C(O)c1ccc(F)nc1NCC(F)(F)C(F)(F)F. The number of halogens is 6. The molecule has 0 bridgehead atoms. The molecule has 0 spiro atoms. The van der Waals surface area contributed by atoms with E-state index in [1.165, 1.54) is 5.32 Å². The molecule has 19 heavy (non-hydrogen) atoms. The highest BCUT2D eigenvalue weighted by Gasteiger charge is 2.57. The summed E-state index contributed by atoms with van der Waals surface area (Å²) in [4.78, 5) is 13.6. The second-order valence-electron chi connectivity index (χ2n) is 3.39. The van der Waals surface area contributed by atoms with Crippen molar-refractivity contribution in [3.63, 3.8) is 0 Å². The molecule has 4 nitrogen and oxygen atoms in total. The van der Waals surface area contributed by atoms with Gasteiger partial charge in [-0.2, -0.15) is 26.3 Å². The first-order valence-corrected chi connectivity index (χ1v) is 4.63. The highest BCUT2D eigenvalue weighted by atomic mass is 19.4. The standard InChI is InChI=1S/C9H6F6N2O2/c10-5-2-1-4(7(18)19)6(17-5)16-3-8(11,12)9(13,14)15/h1-2H,3H2,(H,16,17)(H,18,19). The van der Waals surface area contributed by atoms with Gasteiger partial charge in [0.05, 0.1) is 6.54 Å². The third-order valence-corrected chi connectivity index (χ3v) is 1.98. The van der Waals surface area contributed by atoms with Crippen LogP contribution in [-0.2, 0) is 0 Å². The average Bonchev–Trinajstić information content (AvgIpc) is 2.24. The summed E-state index contributed by atoms with van der Waals surface area (Å²) in [6.45, 7) is -1.95. The van der Waals surface area contributed by atoms with Crippen LogP contribution < -0.4 is 5.32 Å². The largest absolute Gasteiger partial charge is 0.478 e. The van der Waals surface area contributed by atoms with E-state index < -0.39 is 41.9 Å². The smallest absolute Gasteiger partial charge is 0.455 e. The van der Waals surface area contributed by atoms with Crippen molar-refractivity contribution in [1.29, 1.82) is 0 Å². The van der Waals surface area contributed by atoms with Crippen LogP contribution in [0.15, 0.2) is 12.1 Å². The normalized spacial score (nSPS) is 12.3. The molecule has 10 heteroatoms. The number of carboxylic acids is 1. The Morgan fingerprint density at radius 3 is 2.32 bits per heavy atom. The highest BCUT2D eigenvalue weighted by Crippen LogP contribution is 2.35. The van der Waals surface area contributed by atoms with Gasteiger partial charge in [-0.05, 0) is 12.1 Å². The summed E-state index contributed by atoms with van der Waals surface area (Å²) in [7, 11) is 0. The van der Waals surface area contributed by atoms with Crippen LogP contribution in [0.25, 0.3) is 0 Å². The van der Waals surface area contributed by atoms with Gasteiger partial charge in [-0.3, -0.25) is 0 Å². The summed E-state index contributed by atoms with van der Waals surface area (Å²) < 4.78 is 73.5. The third-order valence-electron chi connectivity index (χ3n) is 1.98. The van der Waals surface area contributed by atoms with Crippen LogP contribution in [0.4, 0.5) is 32.2 Å². The Labute approximate surface area is 102 Å². The maximum atomic E-state index is 12.7. The summed E-state index contributed by atoms with van der Waals surface area (Å²) in [5, 5.41) is 10.1. The van der Waals surface area contributed by atoms with Gasteiger partial charge in [-0.25, -0.2) is 9.78 Å². The lowest BCUT2D eigenvalue weighted by Crippen LogP contribution is -2.42. The molecule has 0 atom stereocenters. The molecule has 0 aliphatic carbocycles. The highest BCUT2D eigenvalue weighted by molar-refractivity contribution is 5.93. The molecule has 0 fully saturated rings. The van der Waals surface area contributed by atoms with Gasteiger partial charge >= 0.3 is 18.1 Å². The van der Waals surface area contributed by atoms with Gasteiger partial charge in [0.15, 0.2) is 0 Å². The molecule has 2 N–H and O–H groups in total. The van der Waals surface area contributed by atoms with E-state index in [2.05, 4.69) is 4.98 Å². The van der Waals surface area contributed by atoms with Gasteiger partial charge in [0.2, 0.25) is 5.95 Å². The lowest BCUT2D eigenvalue weighted by atomic mass is 10.2. The van der Waals surface area contributed by atoms with Crippen LogP contribution in [-0.4, -0.2) is 34.7 Å². The molecule has 0 radical (unpaired) electrons. The van der Waals surface area contributed by atoms with Crippen molar-refractivity contribution in [2.24, 2.45) is 0 Å². The lowest BCUT2D eigenvalue weighted by Gasteiger charge is -2.20. The van der Waals surface area contributed by atoms with Gasteiger partial charge < -0.3 is 10.4 Å². The molecule has 0 unspecified atom stereocenters. The maximum Gasteiger partial charge on any atom is 0.455 e. The predicted molar refractivity (Wildman–Crippen MR) is 50.6 cm³/mol. The number of rotatable bonds is 4. The minimum atomic E-state index is -5.81. The van der Waals surface area contributed by atoms with Gasteiger partial charge in [-0.1, -0.05) is 0 Å². The number of nitrogens with zero attached hydrogens (tertiary/aromatic N) is 1. The van der Waals surface area contributed by atoms with E-state index in [0.717, 1.165) is 0 Å². The molecule has 1 aromatic heterocycles. The zero-order valence-corrected chi connectivity index (χ0v) is 8.93. The first-order chi connectivity index (χ1) is 8.54. The van der Waals surface area contributed by atoms with Crippen molar-refractivity contribution in [3.8, 4) is 0 Å². The monoisotopic (exact) mass is 288 g/mol. The van der Waals surface area contributed by atoms with E-state index in [-0.39, 0.29) is 0 Å². The van der Waals surface area contributed by atoms with E-state index in [4.69, 9.17) is 5.11 Å². The zero-order valence-electron chi connectivity index (χ0n) is 8.93. The Balaban J connectivity index is 2.95. The zero-order chi connectivity index (χ0) is 14.8. The van der Waals surface area contributed by atoms with Crippen LogP contribution in [0.1, 0.15) is 10.4 Å². The van der Waals surface area contributed by atoms with E-state index in [0.29, 0.717) is 12.1 Å². The Hall–Kier alpha value is -2.00. The lowest BCUT2D eigenvalue weighted by molar-refractivity contribution is -0.275. The summed E-state index contributed by atoms with van der Waals surface area (Å²) in [6, 6.07) is 1.33. The van der Waals surface area contributed by atoms with Crippen LogP contribution >= 0.6 is 0 Å². The first kappa shape index (κ1) is 15.1. The number of hydrogen-bond donors (Lipinski definition) is 2. The number of hydrogen-bond acceptors (Lipinski definition) is 3. The molecule has 106 valence electrons. The van der Waals surface area contributed by atoms with Gasteiger partial charge in [0, 0.05) is 0 Å². The third kappa shape index (κ3) is 3.48. The number of nitrogens with one attached hydrogen (secondary N) is 1. The fourth-order valence-corrected chi connectivity index (χ4v) is 1.04. The second-order valence-corrected chi connectivity index (χ2v) is 3.39. The molecule has 0 saturated heterocycles. The van der Waals surface area contributed by atoms with Gasteiger partial charge in [0.1, 0.15) is 11.4 Å². The van der Waals surface area contributed by atoms with Crippen molar-refractivity contribution in [3.05, 3.63) is 23.6 Å².